The monoisotopic (exact) mass is 366 g/mol. The highest BCUT2D eigenvalue weighted by Gasteiger charge is 2.23. The van der Waals surface area contributed by atoms with Gasteiger partial charge in [0, 0.05) is 38.6 Å². The molecular weight excluding hydrogens is 344 g/mol. The first-order valence-electron chi connectivity index (χ1n) is 8.88. The second-order valence-electron chi connectivity index (χ2n) is 6.66. The molecule has 0 atom stereocenters. The van der Waals surface area contributed by atoms with Crippen LogP contribution in [-0.2, 0) is 7.05 Å². The van der Waals surface area contributed by atoms with Crippen molar-refractivity contribution in [3.05, 3.63) is 47.8 Å². The lowest BCUT2D eigenvalue weighted by Gasteiger charge is -2.32. The van der Waals surface area contributed by atoms with Crippen molar-refractivity contribution in [2.75, 3.05) is 25.0 Å². The number of hydrogen-bond donors (Lipinski definition) is 2. The molecule has 2 N–H and O–H groups in total. The summed E-state index contributed by atoms with van der Waals surface area (Å²) in [6, 6.07) is 8.69. The van der Waals surface area contributed by atoms with Gasteiger partial charge in [-0.1, -0.05) is 0 Å². The molecule has 0 bridgehead atoms. The predicted octanol–water partition coefficient (Wildman–Crippen LogP) is 1.97. The fourth-order valence-electron chi connectivity index (χ4n) is 3.05. The highest BCUT2D eigenvalue weighted by atomic mass is 16.2. The third-order valence-corrected chi connectivity index (χ3v) is 4.69. The Hall–Kier alpha value is -3.34. The number of amides is 3. The van der Waals surface area contributed by atoms with Gasteiger partial charge in [-0.25, -0.2) is 4.79 Å². The van der Waals surface area contributed by atoms with Crippen molar-refractivity contribution in [2.24, 2.45) is 13.0 Å². The molecule has 0 saturated carbocycles. The maximum atomic E-state index is 12.4. The smallest absolute Gasteiger partial charge is 0.321 e. The molecule has 0 aliphatic carbocycles. The van der Waals surface area contributed by atoms with Gasteiger partial charge in [0.15, 0.2) is 0 Å². The number of rotatable bonds is 4. The lowest BCUT2D eigenvalue weighted by atomic mass is 9.97. The number of nitrogens with one attached hydrogen (secondary N) is 2. The molecule has 3 amide bonds. The van der Waals surface area contributed by atoms with E-state index < -0.39 is 0 Å². The molecule has 1 aliphatic heterocycles. The summed E-state index contributed by atoms with van der Waals surface area (Å²) in [6.45, 7) is 1.89. The Morgan fingerprint density at radius 1 is 1.26 bits per heavy atom. The zero-order valence-electron chi connectivity index (χ0n) is 15.2. The predicted molar refractivity (Wildman–Crippen MR) is 100 cm³/mol. The average Bonchev–Trinajstić information content (AvgIpc) is 3.13. The summed E-state index contributed by atoms with van der Waals surface area (Å²) < 4.78 is 1.60. The third kappa shape index (κ3) is 4.85. The Kier molecular flexibility index (Phi) is 5.71. The molecule has 27 heavy (non-hydrogen) atoms. The molecule has 0 unspecified atom stereocenters. The molecule has 0 spiro atoms. The normalized spacial score (nSPS) is 14.4. The first-order chi connectivity index (χ1) is 13.0. The summed E-state index contributed by atoms with van der Waals surface area (Å²) in [7, 11) is 1.77. The van der Waals surface area contributed by atoms with Gasteiger partial charge < -0.3 is 15.5 Å². The maximum absolute atomic E-state index is 12.4. The van der Waals surface area contributed by atoms with Crippen molar-refractivity contribution in [2.45, 2.75) is 12.8 Å². The number of benzene rings is 1. The van der Waals surface area contributed by atoms with Crippen LogP contribution in [0, 0.1) is 17.2 Å². The number of nitriles is 1. The number of aromatic nitrogens is 2. The highest BCUT2D eigenvalue weighted by molar-refractivity contribution is 5.93. The summed E-state index contributed by atoms with van der Waals surface area (Å²) in [5.74, 6) is 0.230. The summed E-state index contributed by atoms with van der Waals surface area (Å²) in [6.07, 6.45) is 4.92. The summed E-state index contributed by atoms with van der Waals surface area (Å²) in [5, 5.41) is 18.6. The lowest BCUT2D eigenvalue weighted by molar-refractivity contribution is 0.0938. The maximum Gasteiger partial charge on any atom is 0.321 e. The van der Waals surface area contributed by atoms with Gasteiger partial charge in [-0.15, -0.1) is 0 Å². The number of urea groups is 1. The molecule has 0 radical (unpaired) electrons. The molecule has 140 valence electrons. The molecule has 1 aromatic carbocycles. The lowest BCUT2D eigenvalue weighted by Crippen LogP contribution is -2.43. The van der Waals surface area contributed by atoms with Gasteiger partial charge in [-0.2, -0.15) is 10.4 Å². The highest BCUT2D eigenvalue weighted by Crippen LogP contribution is 2.18. The Morgan fingerprint density at radius 3 is 2.56 bits per heavy atom. The molecule has 8 nitrogen and oxygen atoms in total. The van der Waals surface area contributed by atoms with Gasteiger partial charge in [0.05, 0.1) is 23.4 Å². The van der Waals surface area contributed by atoms with E-state index in [0.29, 0.717) is 42.4 Å². The van der Waals surface area contributed by atoms with Crippen molar-refractivity contribution >= 4 is 17.6 Å². The Bertz CT molecular complexity index is 844. The number of aryl methyl sites for hydroxylation is 1. The van der Waals surface area contributed by atoms with E-state index >= 15 is 0 Å². The topological polar surface area (TPSA) is 103 Å². The van der Waals surface area contributed by atoms with Crippen molar-refractivity contribution in [3.8, 4) is 6.07 Å². The zero-order valence-corrected chi connectivity index (χ0v) is 15.2. The van der Waals surface area contributed by atoms with Crippen LogP contribution in [0.15, 0.2) is 36.7 Å². The molecule has 2 aromatic rings. The first-order valence-corrected chi connectivity index (χ1v) is 8.88. The molecule has 1 saturated heterocycles. The van der Waals surface area contributed by atoms with Crippen LogP contribution in [0.1, 0.15) is 28.8 Å². The number of hydrogen-bond acceptors (Lipinski definition) is 4. The van der Waals surface area contributed by atoms with E-state index in [4.69, 9.17) is 5.26 Å². The number of piperidine rings is 1. The van der Waals surface area contributed by atoms with Crippen LogP contribution < -0.4 is 10.6 Å². The second-order valence-corrected chi connectivity index (χ2v) is 6.66. The van der Waals surface area contributed by atoms with Crippen molar-refractivity contribution < 1.29 is 9.59 Å². The summed E-state index contributed by atoms with van der Waals surface area (Å²) >= 11 is 0. The van der Waals surface area contributed by atoms with Crippen LogP contribution in [0.3, 0.4) is 0 Å². The van der Waals surface area contributed by atoms with Gasteiger partial charge in [0.25, 0.3) is 5.91 Å². The summed E-state index contributed by atoms with van der Waals surface area (Å²) in [4.78, 5) is 26.2. The number of carbonyl (C=O) groups excluding carboxylic acids is 2. The van der Waals surface area contributed by atoms with E-state index in [9.17, 15) is 9.59 Å². The van der Waals surface area contributed by atoms with Crippen LogP contribution in [-0.4, -0.2) is 46.3 Å². The summed E-state index contributed by atoms with van der Waals surface area (Å²) in [5.41, 5.74) is 1.78. The largest absolute Gasteiger partial charge is 0.352 e. The Labute approximate surface area is 157 Å². The van der Waals surface area contributed by atoms with Crippen molar-refractivity contribution in [1.29, 1.82) is 5.26 Å². The molecule has 1 fully saturated rings. The fourth-order valence-corrected chi connectivity index (χ4v) is 3.05. The Morgan fingerprint density at radius 2 is 1.96 bits per heavy atom. The third-order valence-electron chi connectivity index (χ3n) is 4.69. The quantitative estimate of drug-likeness (QED) is 0.863. The van der Waals surface area contributed by atoms with Crippen LogP contribution >= 0.6 is 0 Å². The Balaban J connectivity index is 1.42. The van der Waals surface area contributed by atoms with Crippen LogP contribution in [0.5, 0.6) is 0 Å². The fraction of sp³-hybridized carbons (Fsp3) is 0.368. The van der Waals surface area contributed by atoms with Gasteiger partial charge in [-0.05, 0) is 43.0 Å². The molecular formula is C19H22N6O2. The minimum atomic E-state index is -0.141. The van der Waals surface area contributed by atoms with Gasteiger partial charge >= 0.3 is 6.03 Å². The van der Waals surface area contributed by atoms with Crippen molar-refractivity contribution in [3.63, 3.8) is 0 Å². The van der Waals surface area contributed by atoms with Crippen LogP contribution in [0.2, 0.25) is 0 Å². The van der Waals surface area contributed by atoms with E-state index in [2.05, 4.69) is 15.7 Å². The number of nitrogens with zero attached hydrogens (tertiary/aromatic N) is 4. The number of carbonyl (C=O) groups is 2. The zero-order chi connectivity index (χ0) is 19.2. The molecule has 1 aromatic heterocycles. The van der Waals surface area contributed by atoms with Crippen LogP contribution in [0.4, 0.5) is 10.5 Å². The average molecular weight is 366 g/mol. The van der Waals surface area contributed by atoms with Gasteiger partial charge in [0.1, 0.15) is 0 Å². The van der Waals surface area contributed by atoms with E-state index in [-0.39, 0.29) is 11.9 Å². The molecule has 2 heterocycles. The second kappa shape index (κ2) is 8.36. The first kappa shape index (κ1) is 18.5. The SMILES string of the molecule is Cn1cc(C(=O)NCC2CCN(C(=O)Nc3ccc(C#N)cc3)CC2)cn1. The number of anilines is 1. The molecule has 1 aliphatic rings. The van der Waals surface area contributed by atoms with Gasteiger partial charge in [0.2, 0.25) is 0 Å². The van der Waals surface area contributed by atoms with Crippen molar-refractivity contribution in [1.82, 2.24) is 20.0 Å². The molecule has 3 rings (SSSR count). The molecule has 8 heteroatoms. The van der Waals surface area contributed by atoms with Crippen LogP contribution in [0.25, 0.3) is 0 Å². The minimum Gasteiger partial charge on any atom is -0.352 e. The van der Waals surface area contributed by atoms with Gasteiger partial charge in [-0.3, -0.25) is 9.48 Å². The van der Waals surface area contributed by atoms with E-state index in [0.717, 1.165) is 12.8 Å². The number of likely N-dealkylation sites (tertiary alicyclic amines) is 1. The minimum absolute atomic E-state index is 0.121. The van der Waals surface area contributed by atoms with E-state index in [1.54, 1.807) is 53.3 Å². The standard InChI is InChI=1S/C19H22N6O2/c1-24-13-16(12-22-24)18(26)21-11-15-6-8-25(9-7-15)19(27)23-17-4-2-14(10-20)3-5-17/h2-5,12-13,15H,6-9,11H2,1H3,(H,21,26)(H,23,27). The van der Waals surface area contributed by atoms with E-state index in [1.165, 1.54) is 0 Å². The van der Waals surface area contributed by atoms with E-state index in [1.807, 2.05) is 6.07 Å².